The number of carbonyl (C=O) groups is 2. The summed E-state index contributed by atoms with van der Waals surface area (Å²) in [6.45, 7) is 5.22. The summed E-state index contributed by atoms with van der Waals surface area (Å²) in [5, 5.41) is 8.88. The first kappa shape index (κ1) is 33.2. The van der Waals surface area contributed by atoms with Gasteiger partial charge in [-0.05, 0) is 101 Å². The van der Waals surface area contributed by atoms with Crippen LogP contribution in [-0.2, 0) is 19.1 Å². The van der Waals surface area contributed by atoms with Crippen molar-refractivity contribution in [2.24, 2.45) is 4.99 Å². The van der Waals surface area contributed by atoms with Crippen molar-refractivity contribution >= 4 is 67.9 Å². The Labute approximate surface area is 278 Å². The first-order valence-electron chi connectivity index (χ1n) is 13.3. The second-order valence-electron chi connectivity index (χ2n) is 9.07. The van der Waals surface area contributed by atoms with Crippen LogP contribution >= 0.6 is 49.9 Å². The smallest absolute Gasteiger partial charge is 0.343 e. The van der Waals surface area contributed by atoms with E-state index in [2.05, 4.69) is 48.3 Å². The van der Waals surface area contributed by atoms with Crippen molar-refractivity contribution in [2.75, 3.05) is 33.5 Å². The average molecular weight is 796 g/mol. The molecule has 11 nitrogen and oxygen atoms in total. The number of carbonyl (C=O) groups excluding carboxylic acids is 2. The van der Waals surface area contributed by atoms with E-state index in [9.17, 15) is 14.4 Å². The van der Waals surface area contributed by atoms with E-state index >= 15 is 0 Å². The van der Waals surface area contributed by atoms with Gasteiger partial charge >= 0.3 is 11.9 Å². The second kappa shape index (κ2) is 14.9. The van der Waals surface area contributed by atoms with Gasteiger partial charge < -0.3 is 23.7 Å². The fourth-order valence-corrected chi connectivity index (χ4v) is 7.26. The molecule has 2 heterocycles. The lowest BCUT2D eigenvalue weighted by atomic mass is 9.95. The SMILES string of the molecule is CCOC(=O)C1=C(C)N=c2s/c(=C\c3cc(Br)c(OCC#N)c(I)c3)c(=O)n2[C@@H]1c1ccc(OCC(=O)OC)c(OCC)c1. The van der Waals surface area contributed by atoms with Crippen LogP contribution in [0.2, 0.25) is 0 Å². The van der Waals surface area contributed by atoms with Gasteiger partial charge in [0.1, 0.15) is 11.8 Å². The van der Waals surface area contributed by atoms with Crippen LogP contribution < -0.4 is 29.1 Å². The molecule has 0 unspecified atom stereocenters. The van der Waals surface area contributed by atoms with Crippen LogP contribution in [0.15, 0.2) is 55.9 Å². The third kappa shape index (κ3) is 7.16. The number of halogens is 2. The third-order valence-electron chi connectivity index (χ3n) is 6.27. The quantitative estimate of drug-likeness (QED) is 0.208. The molecule has 0 saturated carbocycles. The number of benzene rings is 2. The number of hydrogen-bond donors (Lipinski definition) is 0. The van der Waals surface area contributed by atoms with Crippen molar-refractivity contribution in [2.45, 2.75) is 26.8 Å². The first-order chi connectivity index (χ1) is 21.1. The van der Waals surface area contributed by atoms with Crippen LogP contribution in [0, 0.1) is 14.9 Å². The van der Waals surface area contributed by atoms with Crippen LogP contribution in [0.25, 0.3) is 6.08 Å². The van der Waals surface area contributed by atoms with Gasteiger partial charge in [0, 0.05) is 0 Å². The molecule has 0 fully saturated rings. The van der Waals surface area contributed by atoms with Crippen molar-refractivity contribution in [3.63, 3.8) is 0 Å². The molecule has 2 aromatic carbocycles. The van der Waals surface area contributed by atoms with Crippen molar-refractivity contribution in [3.8, 4) is 23.3 Å². The third-order valence-corrected chi connectivity index (χ3v) is 8.65. The summed E-state index contributed by atoms with van der Waals surface area (Å²) in [7, 11) is 1.26. The maximum Gasteiger partial charge on any atom is 0.343 e. The van der Waals surface area contributed by atoms with Gasteiger partial charge in [-0.1, -0.05) is 17.4 Å². The predicted molar refractivity (Wildman–Crippen MR) is 173 cm³/mol. The Morgan fingerprint density at radius 3 is 2.59 bits per heavy atom. The molecule has 1 atom stereocenters. The van der Waals surface area contributed by atoms with Gasteiger partial charge in [0.05, 0.1) is 50.2 Å². The van der Waals surface area contributed by atoms with Crippen LogP contribution in [0.5, 0.6) is 17.2 Å². The highest BCUT2D eigenvalue weighted by atomic mass is 127. The summed E-state index contributed by atoms with van der Waals surface area (Å²) in [5.74, 6) is 0.00657. The summed E-state index contributed by atoms with van der Waals surface area (Å²) in [6.07, 6.45) is 1.74. The standard InChI is InChI=1S/C30H27BrIN3O8S/c1-5-40-22-14-18(7-8-21(22)43-15-24(36)39-4)26-25(29(38)41-6-2)16(3)34-30-35(26)28(37)23(44-30)13-17-11-19(31)27(20(32)12-17)42-10-9-33/h7-8,11-14,26H,5-6,10,15H2,1-4H3/b23-13-/t26-/m1/s1. The highest BCUT2D eigenvalue weighted by Gasteiger charge is 2.34. The molecule has 14 heteroatoms. The lowest BCUT2D eigenvalue weighted by molar-refractivity contribution is -0.143. The molecule has 1 aliphatic rings. The molecule has 0 aliphatic carbocycles. The van der Waals surface area contributed by atoms with E-state index in [0.717, 1.165) is 9.13 Å². The van der Waals surface area contributed by atoms with Gasteiger partial charge in [-0.2, -0.15) is 5.26 Å². The summed E-state index contributed by atoms with van der Waals surface area (Å²) < 4.78 is 30.2. The topological polar surface area (TPSA) is 138 Å². The highest BCUT2D eigenvalue weighted by molar-refractivity contribution is 14.1. The number of methoxy groups -OCH3 is 1. The molecular formula is C30H27BrIN3O8S. The van der Waals surface area contributed by atoms with Gasteiger partial charge in [-0.25, -0.2) is 14.6 Å². The summed E-state index contributed by atoms with van der Waals surface area (Å²) in [6, 6.07) is 9.70. The number of aromatic nitrogens is 1. The van der Waals surface area contributed by atoms with Crippen LogP contribution in [0.4, 0.5) is 0 Å². The van der Waals surface area contributed by atoms with Crippen LogP contribution in [0.3, 0.4) is 0 Å². The Kier molecular flexibility index (Phi) is 11.2. The number of nitrogens with zero attached hydrogens (tertiary/aromatic N) is 3. The van der Waals surface area contributed by atoms with E-state index in [1.807, 2.05) is 12.1 Å². The predicted octanol–water partition coefficient (Wildman–Crippen LogP) is 4.02. The monoisotopic (exact) mass is 795 g/mol. The van der Waals surface area contributed by atoms with Crippen molar-refractivity contribution in [1.29, 1.82) is 5.26 Å². The van der Waals surface area contributed by atoms with E-state index in [4.69, 9.17) is 24.2 Å². The van der Waals surface area contributed by atoms with Gasteiger partial charge in [-0.3, -0.25) is 9.36 Å². The van der Waals surface area contributed by atoms with E-state index < -0.39 is 18.0 Å². The van der Waals surface area contributed by atoms with Crippen LogP contribution in [-0.4, -0.2) is 50.0 Å². The molecule has 44 heavy (non-hydrogen) atoms. The summed E-state index contributed by atoms with van der Waals surface area (Å²) in [4.78, 5) is 44.0. The Hall–Kier alpha value is -3.68. The van der Waals surface area contributed by atoms with Gasteiger partial charge in [0.2, 0.25) is 0 Å². The fraction of sp³-hybridized carbons (Fsp3) is 0.300. The zero-order valence-electron chi connectivity index (χ0n) is 24.1. The lowest BCUT2D eigenvalue weighted by Crippen LogP contribution is -2.40. The number of rotatable bonds is 11. The minimum absolute atomic E-state index is 0.0991. The van der Waals surface area contributed by atoms with Gasteiger partial charge in [0.15, 0.2) is 29.5 Å². The first-order valence-corrected chi connectivity index (χ1v) is 16.0. The number of fused-ring (bicyclic) bond motifs is 1. The molecule has 0 amide bonds. The maximum atomic E-state index is 14.0. The number of ether oxygens (including phenoxy) is 5. The maximum absolute atomic E-state index is 14.0. The Morgan fingerprint density at radius 1 is 1.16 bits per heavy atom. The Morgan fingerprint density at radius 2 is 1.93 bits per heavy atom. The molecule has 0 saturated heterocycles. The number of hydrogen-bond acceptors (Lipinski definition) is 11. The zero-order valence-corrected chi connectivity index (χ0v) is 28.7. The van der Waals surface area contributed by atoms with E-state index in [1.54, 1.807) is 51.1 Å². The fourth-order valence-electron chi connectivity index (χ4n) is 4.44. The molecule has 3 aromatic rings. The molecular weight excluding hydrogens is 769 g/mol. The molecule has 0 bridgehead atoms. The molecule has 1 aromatic heterocycles. The minimum atomic E-state index is -0.880. The summed E-state index contributed by atoms with van der Waals surface area (Å²) >= 11 is 6.78. The minimum Gasteiger partial charge on any atom is -0.490 e. The van der Waals surface area contributed by atoms with Crippen LogP contribution in [0.1, 0.15) is 37.9 Å². The summed E-state index contributed by atoms with van der Waals surface area (Å²) in [5.41, 5.74) is 1.56. The number of nitriles is 1. The number of esters is 2. The van der Waals surface area contributed by atoms with Gasteiger partial charge in [0.25, 0.3) is 5.56 Å². The van der Waals surface area contributed by atoms with E-state index in [-0.39, 0.29) is 31.0 Å². The number of allylic oxidation sites excluding steroid dienone is 1. The average Bonchev–Trinajstić information content (AvgIpc) is 3.29. The Bertz CT molecular complexity index is 1840. The zero-order chi connectivity index (χ0) is 32.0. The molecule has 230 valence electrons. The lowest BCUT2D eigenvalue weighted by Gasteiger charge is -2.25. The molecule has 4 rings (SSSR count). The molecule has 0 N–H and O–H groups in total. The van der Waals surface area contributed by atoms with Gasteiger partial charge in [-0.15, -0.1) is 0 Å². The molecule has 0 spiro atoms. The number of thiazole rings is 1. The van der Waals surface area contributed by atoms with E-state index in [0.29, 0.717) is 48.9 Å². The Balaban J connectivity index is 1.88. The van der Waals surface area contributed by atoms with E-state index in [1.165, 1.54) is 23.0 Å². The highest BCUT2D eigenvalue weighted by Crippen LogP contribution is 2.37. The molecule has 0 radical (unpaired) electrons. The van der Waals surface area contributed by atoms with Crippen molar-refractivity contribution < 1.29 is 33.3 Å². The van der Waals surface area contributed by atoms with Crippen molar-refractivity contribution in [1.82, 2.24) is 4.57 Å². The molecule has 1 aliphatic heterocycles. The van der Waals surface area contributed by atoms with Crippen molar-refractivity contribution in [3.05, 3.63) is 80.5 Å². The largest absolute Gasteiger partial charge is 0.490 e. The second-order valence-corrected chi connectivity index (χ2v) is 12.1. The normalized spacial score (nSPS) is 14.3.